The van der Waals surface area contributed by atoms with Gasteiger partial charge in [0.25, 0.3) is 0 Å². The van der Waals surface area contributed by atoms with Crippen LogP contribution in [0.2, 0.25) is 0 Å². The van der Waals surface area contributed by atoms with Gasteiger partial charge < -0.3 is 10.5 Å². The Labute approximate surface area is 124 Å². The molecule has 3 rings (SSSR count). The van der Waals surface area contributed by atoms with Crippen molar-refractivity contribution >= 4 is 5.69 Å². The lowest BCUT2D eigenvalue weighted by atomic mass is 10.1. The molecule has 2 unspecified atom stereocenters. The molecule has 112 valence electrons. The van der Waals surface area contributed by atoms with Crippen molar-refractivity contribution in [2.75, 3.05) is 12.3 Å². The molecule has 0 bridgehead atoms. The predicted octanol–water partition coefficient (Wildman–Crippen LogP) is 2.68. The van der Waals surface area contributed by atoms with Crippen LogP contribution in [0.3, 0.4) is 0 Å². The molecule has 1 aliphatic rings. The predicted molar refractivity (Wildman–Crippen MR) is 80.9 cm³/mol. The van der Waals surface area contributed by atoms with E-state index in [9.17, 15) is 0 Å². The molecule has 1 fully saturated rings. The monoisotopic (exact) mass is 287 g/mol. The summed E-state index contributed by atoms with van der Waals surface area (Å²) in [5.74, 6) is 2.15. The molecule has 1 heterocycles. The average Bonchev–Trinajstić information content (AvgIpc) is 3.08. The van der Waals surface area contributed by atoms with Crippen LogP contribution >= 0.6 is 0 Å². The Bertz CT molecular complexity index is 624. The van der Waals surface area contributed by atoms with E-state index in [-0.39, 0.29) is 0 Å². The van der Waals surface area contributed by atoms with Crippen LogP contribution in [0.5, 0.6) is 5.75 Å². The molecule has 0 spiro atoms. The fourth-order valence-electron chi connectivity index (χ4n) is 3.07. The van der Waals surface area contributed by atoms with Crippen molar-refractivity contribution in [3.63, 3.8) is 0 Å². The summed E-state index contributed by atoms with van der Waals surface area (Å²) in [6, 6.07) is 5.99. The standard InChI is InChI=1S/C15H21N5O/c1-3-21-13-6-4-5-12(16)14(13)15-17-18-19-20(15)11-8-7-10(2)9-11/h4-6,10-11H,3,7-9,16H2,1-2H3. The molecular weight excluding hydrogens is 266 g/mol. The number of nitrogens with two attached hydrogens (primary N) is 1. The maximum Gasteiger partial charge on any atom is 0.188 e. The van der Waals surface area contributed by atoms with Crippen LogP contribution in [0.4, 0.5) is 5.69 Å². The number of hydrogen-bond donors (Lipinski definition) is 1. The smallest absolute Gasteiger partial charge is 0.188 e. The molecule has 0 amide bonds. The Kier molecular flexibility index (Phi) is 3.77. The number of nitrogens with zero attached hydrogens (tertiary/aromatic N) is 4. The maximum atomic E-state index is 6.15. The molecule has 2 aromatic rings. The molecule has 21 heavy (non-hydrogen) atoms. The second-order valence-electron chi connectivity index (χ2n) is 5.67. The van der Waals surface area contributed by atoms with E-state index in [0.717, 1.165) is 24.2 Å². The lowest BCUT2D eigenvalue weighted by molar-refractivity contribution is 0.341. The molecule has 2 atom stereocenters. The van der Waals surface area contributed by atoms with E-state index in [1.54, 1.807) is 0 Å². The van der Waals surface area contributed by atoms with Crippen molar-refractivity contribution < 1.29 is 4.74 Å². The fourth-order valence-corrected chi connectivity index (χ4v) is 3.07. The molecule has 0 saturated heterocycles. The summed E-state index contributed by atoms with van der Waals surface area (Å²) in [5.41, 5.74) is 7.59. The third kappa shape index (κ3) is 2.57. The number of nitrogen functional groups attached to an aromatic ring is 1. The number of rotatable bonds is 4. The van der Waals surface area contributed by atoms with Gasteiger partial charge in [0.1, 0.15) is 5.75 Å². The minimum absolute atomic E-state index is 0.346. The Morgan fingerprint density at radius 1 is 1.38 bits per heavy atom. The van der Waals surface area contributed by atoms with Crippen LogP contribution in [0, 0.1) is 5.92 Å². The highest BCUT2D eigenvalue weighted by Gasteiger charge is 2.28. The van der Waals surface area contributed by atoms with Crippen molar-refractivity contribution in [3.05, 3.63) is 18.2 Å². The van der Waals surface area contributed by atoms with Crippen molar-refractivity contribution in [2.24, 2.45) is 5.92 Å². The van der Waals surface area contributed by atoms with Gasteiger partial charge in [0.05, 0.1) is 18.2 Å². The van der Waals surface area contributed by atoms with Gasteiger partial charge in [0.15, 0.2) is 5.82 Å². The molecule has 0 aliphatic heterocycles. The highest BCUT2D eigenvalue weighted by atomic mass is 16.5. The van der Waals surface area contributed by atoms with Gasteiger partial charge in [0, 0.05) is 5.69 Å². The second-order valence-corrected chi connectivity index (χ2v) is 5.67. The third-order valence-electron chi connectivity index (χ3n) is 4.09. The molecule has 1 saturated carbocycles. The highest BCUT2D eigenvalue weighted by molar-refractivity contribution is 5.77. The summed E-state index contributed by atoms with van der Waals surface area (Å²) >= 11 is 0. The van der Waals surface area contributed by atoms with Crippen molar-refractivity contribution in [1.29, 1.82) is 0 Å². The van der Waals surface area contributed by atoms with E-state index >= 15 is 0 Å². The van der Waals surface area contributed by atoms with Crippen LogP contribution in [0.1, 0.15) is 39.2 Å². The first-order valence-corrected chi connectivity index (χ1v) is 7.50. The Morgan fingerprint density at radius 3 is 2.95 bits per heavy atom. The highest BCUT2D eigenvalue weighted by Crippen LogP contribution is 2.39. The quantitative estimate of drug-likeness (QED) is 0.875. The number of anilines is 1. The lowest BCUT2D eigenvalue weighted by Crippen LogP contribution is -2.11. The topological polar surface area (TPSA) is 78.8 Å². The maximum absolute atomic E-state index is 6.15. The first-order valence-electron chi connectivity index (χ1n) is 7.50. The van der Waals surface area contributed by atoms with Gasteiger partial charge in [-0.3, -0.25) is 0 Å². The van der Waals surface area contributed by atoms with E-state index in [4.69, 9.17) is 10.5 Å². The minimum Gasteiger partial charge on any atom is -0.493 e. The molecule has 6 nitrogen and oxygen atoms in total. The van der Waals surface area contributed by atoms with Crippen LogP contribution in [0.25, 0.3) is 11.4 Å². The average molecular weight is 287 g/mol. The normalized spacial score (nSPS) is 21.6. The zero-order valence-electron chi connectivity index (χ0n) is 12.5. The summed E-state index contributed by atoms with van der Waals surface area (Å²) in [6.07, 6.45) is 3.43. The molecule has 1 aliphatic carbocycles. The molecular formula is C15H21N5O. The van der Waals surface area contributed by atoms with Crippen molar-refractivity contribution in [3.8, 4) is 17.1 Å². The van der Waals surface area contributed by atoms with Crippen LogP contribution in [0.15, 0.2) is 18.2 Å². The number of aromatic nitrogens is 4. The zero-order chi connectivity index (χ0) is 14.8. The Morgan fingerprint density at radius 2 is 2.24 bits per heavy atom. The summed E-state index contributed by atoms with van der Waals surface area (Å²) in [7, 11) is 0. The van der Waals surface area contributed by atoms with Crippen molar-refractivity contribution in [2.45, 2.75) is 39.2 Å². The largest absolute Gasteiger partial charge is 0.493 e. The lowest BCUT2D eigenvalue weighted by Gasteiger charge is -2.15. The van der Waals surface area contributed by atoms with Crippen LogP contribution in [-0.4, -0.2) is 26.8 Å². The third-order valence-corrected chi connectivity index (χ3v) is 4.09. The fraction of sp³-hybridized carbons (Fsp3) is 0.533. The van der Waals surface area contributed by atoms with Gasteiger partial charge >= 0.3 is 0 Å². The van der Waals surface area contributed by atoms with Gasteiger partial charge in [-0.1, -0.05) is 13.0 Å². The van der Waals surface area contributed by atoms with Crippen molar-refractivity contribution in [1.82, 2.24) is 20.2 Å². The second kappa shape index (κ2) is 5.71. The van der Waals surface area contributed by atoms with Crippen LogP contribution < -0.4 is 10.5 Å². The molecule has 1 aromatic heterocycles. The first-order chi connectivity index (χ1) is 10.2. The number of hydrogen-bond acceptors (Lipinski definition) is 5. The molecule has 1 aromatic carbocycles. The Hall–Kier alpha value is -2.11. The summed E-state index contributed by atoms with van der Waals surface area (Å²) < 4.78 is 7.61. The number of ether oxygens (including phenoxy) is 1. The minimum atomic E-state index is 0.346. The number of benzene rings is 1. The summed E-state index contributed by atoms with van der Waals surface area (Å²) in [6.45, 7) is 4.81. The molecule has 6 heteroatoms. The van der Waals surface area contributed by atoms with E-state index < -0.39 is 0 Å². The van der Waals surface area contributed by atoms with Gasteiger partial charge in [-0.25, -0.2) is 4.68 Å². The molecule has 0 radical (unpaired) electrons. The first kappa shape index (κ1) is 13.9. The zero-order valence-corrected chi connectivity index (χ0v) is 12.5. The van der Waals surface area contributed by atoms with E-state index in [1.165, 1.54) is 6.42 Å². The summed E-state index contributed by atoms with van der Waals surface area (Å²) in [4.78, 5) is 0. The molecule has 2 N–H and O–H groups in total. The SMILES string of the molecule is CCOc1cccc(N)c1-c1nnnn1C1CCC(C)C1. The Balaban J connectivity index is 2.04. The number of tetrazole rings is 1. The van der Waals surface area contributed by atoms with E-state index in [1.807, 2.05) is 29.8 Å². The van der Waals surface area contributed by atoms with Gasteiger partial charge in [-0.05, 0) is 54.7 Å². The van der Waals surface area contributed by atoms with E-state index in [0.29, 0.717) is 30.1 Å². The van der Waals surface area contributed by atoms with Gasteiger partial charge in [-0.15, -0.1) is 5.10 Å². The summed E-state index contributed by atoms with van der Waals surface area (Å²) in [5, 5.41) is 12.3. The van der Waals surface area contributed by atoms with Crippen LogP contribution in [-0.2, 0) is 0 Å². The van der Waals surface area contributed by atoms with Gasteiger partial charge in [-0.2, -0.15) is 0 Å². The van der Waals surface area contributed by atoms with E-state index in [2.05, 4.69) is 22.4 Å². The van der Waals surface area contributed by atoms with Gasteiger partial charge in [0.2, 0.25) is 0 Å².